The molecule has 2 aliphatic heterocycles. The Kier molecular flexibility index (Phi) is 98.7. The number of hydrogen-bond donors (Lipinski definition) is 0. The van der Waals surface area contributed by atoms with Crippen LogP contribution in [0.1, 0.15) is 87.5 Å². The fourth-order valence-electron chi connectivity index (χ4n) is 9.10. The highest BCUT2D eigenvalue weighted by molar-refractivity contribution is 7.98. The highest BCUT2D eigenvalue weighted by Crippen LogP contribution is 2.15. The van der Waals surface area contributed by atoms with Gasteiger partial charge >= 0.3 is 71.6 Å². The number of ether oxygens (including phenoxy) is 24. The van der Waals surface area contributed by atoms with Crippen molar-refractivity contribution in [2.45, 2.75) is 87.5 Å². The predicted octanol–water partition coefficient (Wildman–Crippen LogP) is 5.60. The van der Waals surface area contributed by atoms with Gasteiger partial charge in [0, 0.05) is 34.4 Å². The molecule has 0 bridgehead atoms. The van der Waals surface area contributed by atoms with Crippen molar-refractivity contribution in [2.24, 2.45) is 0 Å². The highest BCUT2D eigenvalue weighted by atomic mass is 32.2. The van der Waals surface area contributed by atoms with Gasteiger partial charge in [-0.2, -0.15) is 0 Å². The Bertz CT molecular complexity index is 3030. The summed E-state index contributed by atoms with van der Waals surface area (Å²) >= 11 is 0. The molecule has 0 aromatic heterocycles. The lowest BCUT2D eigenvalue weighted by atomic mass is 10.3. The lowest BCUT2D eigenvalue weighted by Gasteiger charge is -2.13. The van der Waals surface area contributed by atoms with Crippen LogP contribution in [-0.4, -0.2) is 415 Å². The van der Waals surface area contributed by atoms with Crippen molar-refractivity contribution in [2.75, 3.05) is 343 Å². The fourth-order valence-corrected chi connectivity index (χ4v) is 16.9. The standard InChI is InChI=1S/C17H29O6S.C16H27O6S.C16H29O6S.C15H27O6S.C14H25O6S.C13H23O6S/c1-15(2)17(19)23-11-9-21-7-6-20-8-10-22-16(18)14-24-12-4-3-5-13-24;1-14(2)16(18)22-10-8-20-6-5-19-7-9-21-15(17)13-23-11-3-4-12-23;1-5-23(6-2)13-15(17)21-11-9-19-7-8-20-10-12-22-16(18)14(3)4;1-4-14(16)20-11-9-18-7-8-19-10-12-21-15(17)13-22(5-2)6-3;1-12(2)14(16)20-10-8-18-6-5-17-7-9-19-13(15)11-21(3)4;1-4-12(14)18-9-7-16-5-6-17-8-10-19-13(15)11-20(2)3/h1,3-14H2,2H3;1,3-13H2,2H3;3,5-13H2,1-2,4H3;4H,1,5-13H2,2-3H3;1,5-11H2,2-4H3;4H,1,5-11H2,2-3H3/q6*+1. The van der Waals surface area contributed by atoms with E-state index < -0.39 is 35.8 Å². The van der Waals surface area contributed by atoms with E-state index in [1.54, 1.807) is 27.7 Å². The van der Waals surface area contributed by atoms with Crippen molar-refractivity contribution >= 4 is 137 Å². The molecule has 0 radical (unpaired) electrons. The van der Waals surface area contributed by atoms with E-state index in [1.807, 2.05) is 25.0 Å². The van der Waals surface area contributed by atoms with Gasteiger partial charge in [-0.15, -0.1) is 0 Å². The largest absolute Gasteiger partial charge is 0.460 e. The lowest BCUT2D eigenvalue weighted by Crippen LogP contribution is -2.27. The minimum Gasteiger partial charge on any atom is -0.460 e. The normalized spacial score (nSPS) is 12.0. The van der Waals surface area contributed by atoms with E-state index in [1.165, 1.54) is 55.1 Å². The maximum Gasteiger partial charge on any atom is 0.356 e. The molecular weight excluding hydrogens is 1860 g/mol. The van der Waals surface area contributed by atoms with Crippen LogP contribution in [0.15, 0.2) is 73.9 Å². The summed E-state index contributed by atoms with van der Waals surface area (Å²) in [5, 5.41) is 0. The number of esters is 12. The first kappa shape index (κ1) is 133. The van der Waals surface area contributed by atoms with Crippen molar-refractivity contribution in [3.05, 3.63) is 73.9 Å². The van der Waals surface area contributed by atoms with E-state index in [2.05, 4.69) is 67.2 Å². The second-order valence-corrected chi connectivity index (χ2v) is 42.6. The molecule has 2 rings (SSSR count). The second kappa shape index (κ2) is 98.7. The van der Waals surface area contributed by atoms with Crippen LogP contribution >= 0.6 is 0 Å². The van der Waals surface area contributed by atoms with E-state index >= 15 is 0 Å². The zero-order valence-corrected chi connectivity index (χ0v) is 86.3. The van der Waals surface area contributed by atoms with Crippen LogP contribution < -0.4 is 0 Å². The van der Waals surface area contributed by atoms with Crippen molar-refractivity contribution < 1.29 is 171 Å². The number of rotatable bonds is 76. The molecule has 0 aromatic rings. The van der Waals surface area contributed by atoms with Gasteiger partial charge in [0.15, 0.2) is 0 Å². The molecule has 0 atom stereocenters. The Morgan fingerprint density at radius 1 is 0.241 bits per heavy atom. The summed E-state index contributed by atoms with van der Waals surface area (Å²) in [6.07, 6.45) is 16.4. The zero-order valence-electron chi connectivity index (χ0n) is 81.4. The van der Waals surface area contributed by atoms with Crippen LogP contribution in [0.25, 0.3) is 0 Å². The van der Waals surface area contributed by atoms with Gasteiger partial charge in [-0.1, -0.05) is 39.5 Å². The first-order valence-electron chi connectivity index (χ1n) is 44.2. The Balaban J connectivity index is -0.000000752. The minimum atomic E-state index is -0.464. The Morgan fingerprint density at radius 2 is 0.406 bits per heavy atom. The van der Waals surface area contributed by atoms with E-state index in [-0.39, 0.29) is 180 Å². The van der Waals surface area contributed by atoms with E-state index in [0.29, 0.717) is 215 Å². The Labute approximate surface area is 808 Å². The van der Waals surface area contributed by atoms with E-state index in [9.17, 15) is 57.5 Å². The third-order valence-corrected chi connectivity index (χ3v) is 26.8. The van der Waals surface area contributed by atoms with Crippen LogP contribution in [0, 0.1) is 0 Å². The molecule has 36 nitrogen and oxygen atoms in total. The lowest BCUT2D eigenvalue weighted by molar-refractivity contribution is -0.143. The van der Waals surface area contributed by atoms with Gasteiger partial charge in [-0.05, 0) is 153 Å². The molecule has 0 spiro atoms. The summed E-state index contributed by atoms with van der Waals surface area (Å²) in [7, 11) is 0.862. The molecule has 0 amide bonds. The molecule has 2 saturated heterocycles. The van der Waals surface area contributed by atoms with Gasteiger partial charge in [-0.25, -0.2) is 57.5 Å². The molecule has 42 heteroatoms. The van der Waals surface area contributed by atoms with Gasteiger partial charge in [0.1, 0.15) is 125 Å². The quantitative estimate of drug-likeness (QED) is 0.0235. The topological polar surface area (TPSA) is 426 Å². The SMILES string of the molecule is C=C(C)C(=O)OCCOCCOCCOC(=O)C[S+](C)C.C=C(C)C(=O)OCCOCCOCCOC(=O)C[S+](CC)CC.C=C(C)C(=O)OCCOCCOCCOC(=O)C[S+]1CCCC1.C=C(C)C(=O)OCCOCCOCCOC(=O)C[S+]1CCCCC1.C=CC(=O)OCCOCCOCCOC(=O)C[S+](C)C.C=CC(=O)OCCOCCOCCOC(=O)C[S+](CC)CC. The number of hydrogen-bond acceptors (Lipinski definition) is 36. The van der Waals surface area contributed by atoms with E-state index in [0.717, 1.165) is 35.2 Å². The Morgan fingerprint density at radius 3 is 0.586 bits per heavy atom. The van der Waals surface area contributed by atoms with Gasteiger partial charge in [0.2, 0.25) is 34.5 Å². The summed E-state index contributed by atoms with van der Waals surface area (Å²) in [6, 6.07) is 0. The predicted molar refractivity (Wildman–Crippen MR) is 523 cm³/mol. The van der Waals surface area contributed by atoms with Crippen LogP contribution in [0.3, 0.4) is 0 Å². The average molecular weight is 2020 g/mol. The third kappa shape index (κ3) is 100.0. The summed E-state index contributed by atoms with van der Waals surface area (Å²) in [5.41, 5.74) is 1.48. The second-order valence-electron chi connectivity index (χ2n) is 28.1. The molecule has 2 heterocycles. The maximum absolute atomic E-state index is 11.7. The van der Waals surface area contributed by atoms with Gasteiger partial charge in [0.05, 0.1) is 184 Å². The Hall–Kier alpha value is -6.30. The van der Waals surface area contributed by atoms with Crippen LogP contribution in [0.5, 0.6) is 0 Å². The summed E-state index contributed by atoms with van der Waals surface area (Å²) in [5.74, 6) is 8.26. The molecule has 2 aliphatic rings. The average Bonchev–Trinajstić information content (AvgIpc) is 1.91. The zero-order chi connectivity index (χ0) is 100.0. The fraction of sp³-hybridized carbons (Fsp3) is 0.736. The maximum atomic E-state index is 11.7. The summed E-state index contributed by atoms with van der Waals surface area (Å²) in [6.45, 7) is 46.8. The first-order valence-corrected chi connectivity index (χ1v) is 55.6. The number of carbonyl (C=O) groups excluding carboxylic acids is 12. The first-order chi connectivity index (χ1) is 63.8. The number of carbonyl (C=O) groups is 12. The molecular formula is C91H160O36S6+6. The van der Waals surface area contributed by atoms with Crippen molar-refractivity contribution in [1.29, 1.82) is 0 Å². The smallest absolute Gasteiger partial charge is 0.356 e. The molecule has 0 saturated carbocycles. The van der Waals surface area contributed by atoms with Crippen LogP contribution in [0.2, 0.25) is 0 Å². The highest BCUT2D eigenvalue weighted by Gasteiger charge is 2.29. The minimum absolute atomic E-state index is 0.0576. The van der Waals surface area contributed by atoms with Crippen molar-refractivity contribution in [3.8, 4) is 0 Å². The summed E-state index contributed by atoms with van der Waals surface area (Å²) in [4.78, 5) is 134. The van der Waals surface area contributed by atoms with Crippen LogP contribution in [0.4, 0.5) is 0 Å². The molecule has 133 heavy (non-hydrogen) atoms. The van der Waals surface area contributed by atoms with Crippen LogP contribution in [-0.2, 0) is 237 Å². The monoisotopic (exact) mass is 2020 g/mol. The van der Waals surface area contributed by atoms with Crippen molar-refractivity contribution in [3.63, 3.8) is 0 Å². The molecule has 0 unspecified atom stereocenters. The van der Waals surface area contributed by atoms with Gasteiger partial charge in [-0.3, -0.25) is 0 Å². The molecule has 770 valence electrons. The third-order valence-electron chi connectivity index (χ3n) is 15.9. The molecule has 0 N–H and O–H groups in total. The van der Waals surface area contributed by atoms with E-state index in [4.69, 9.17) is 114 Å². The summed E-state index contributed by atoms with van der Waals surface area (Å²) < 4.78 is 122. The molecule has 0 aliphatic carbocycles. The van der Waals surface area contributed by atoms with Gasteiger partial charge < -0.3 is 114 Å². The molecule has 2 fully saturated rings. The van der Waals surface area contributed by atoms with Gasteiger partial charge in [0.25, 0.3) is 0 Å². The van der Waals surface area contributed by atoms with Crippen molar-refractivity contribution in [1.82, 2.24) is 0 Å². The molecule has 0 aromatic carbocycles.